The zero-order chi connectivity index (χ0) is 17.1. The Bertz CT molecular complexity index is 731. The van der Waals surface area contributed by atoms with Crippen molar-refractivity contribution in [2.75, 3.05) is 0 Å². The van der Waals surface area contributed by atoms with Gasteiger partial charge < -0.3 is 10.6 Å². The fourth-order valence-corrected chi connectivity index (χ4v) is 3.94. The number of hydrogen-bond donors (Lipinski definition) is 2. The van der Waals surface area contributed by atoms with Crippen LogP contribution in [0.2, 0.25) is 0 Å². The molecule has 24 heavy (non-hydrogen) atoms. The number of amides is 2. The Morgan fingerprint density at radius 1 is 1.46 bits per heavy atom. The van der Waals surface area contributed by atoms with E-state index in [9.17, 15) is 9.18 Å². The lowest BCUT2D eigenvalue weighted by Crippen LogP contribution is -2.41. The molecule has 2 amide bonds. The van der Waals surface area contributed by atoms with Crippen LogP contribution in [0.4, 0.5) is 9.18 Å². The van der Waals surface area contributed by atoms with E-state index in [0.717, 1.165) is 35.4 Å². The molecule has 3 rings (SSSR count). The Kier molecular flexibility index (Phi) is 5.14. The van der Waals surface area contributed by atoms with Crippen LogP contribution in [0.1, 0.15) is 47.3 Å². The fraction of sp³-hybridized carbons (Fsp3) is 0.444. The number of urea groups is 1. The summed E-state index contributed by atoms with van der Waals surface area (Å²) < 4.78 is 14.0. The number of nitrogens with zero attached hydrogens (tertiary/aromatic N) is 1. The molecule has 1 aliphatic carbocycles. The minimum atomic E-state index is -0.239. The van der Waals surface area contributed by atoms with E-state index in [2.05, 4.69) is 29.5 Å². The van der Waals surface area contributed by atoms with Crippen LogP contribution >= 0.6 is 11.3 Å². The molecule has 1 aliphatic rings. The molecule has 0 fully saturated rings. The standard InChI is InChI=1S/C18H22FN3OS/c1-3-12-9-20-16(24-12)10-21-18(23)22-17-11(2)7-8-13-14(17)5-4-6-15(13)19/h4-6,9,11,17H,3,7-8,10H2,1-2H3,(H2,21,22,23). The summed E-state index contributed by atoms with van der Waals surface area (Å²) in [5, 5.41) is 6.75. The fourth-order valence-electron chi connectivity index (χ4n) is 3.14. The molecule has 0 bridgehead atoms. The van der Waals surface area contributed by atoms with Crippen LogP contribution in [0.15, 0.2) is 24.4 Å². The van der Waals surface area contributed by atoms with Crippen molar-refractivity contribution in [2.24, 2.45) is 5.92 Å². The van der Waals surface area contributed by atoms with E-state index in [1.165, 1.54) is 10.9 Å². The SMILES string of the molecule is CCc1cnc(CNC(=O)NC2c3cccc(F)c3CCC2C)s1. The molecular formula is C18H22FN3OS. The monoisotopic (exact) mass is 347 g/mol. The Balaban J connectivity index is 1.64. The van der Waals surface area contributed by atoms with E-state index in [1.54, 1.807) is 17.4 Å². The van der Waals surface area contributed by atoms with Gasteiger partial charge in [0.2, 0.25) is 0 Å². The van der Waals surface area contributed by atoms with Gasteiger partial charge in [-0.1, -0.05) is 26.0 Å². The molecule has 2 unspecified atom stereocenters. The lowest BCUT2D eigenvalue weighted by molar-refractivity contribution is 0.229. The maximum Gasteiger partial charge on any atom is 0.315 e. The Labute approximate surface area is 145 Å². The Morgan fingerprint density at radius 3 is 3.04 bits per heavy atom. The summed E-state index contributed by atoms with van der Waals surface area (Å²) in [7, 11) is 0. The number of aromatic nitrogens is 1. The summed E-state index contributed by atoms with van der Waals surface area (Å²) in [4.78, 5) is 17.8. The van der Waals surface area contributed by atoms with Gasteiger partial charge in [-0.3, -0.25) is 0 Å². The van der Waals surface area contributed by atoms with E-state index >= 15 is 0 Å². The minimum Gasteiger partial charge on any atom is -0.332 e. The third kappa shape index (κ3) is 3.59. The number of rotatable bonds is 4. The van der Waals surface area contributed by atoms with Gasteiger partial charge in [0, 0.05) is 11.1 Å². The second kappa shape index (κ2) is 7.30. The van der Waals surface area contributed by atoms with E-state index < -0.39 is 0 Å². The molecule has 2 atom stereocenters. The topological polar surface area (TPSA) is 54.0 Å². The van der Waals surface area contributed by atoms with Crippen molar-refractivity contribution in [1.82, 2.24) is 15.6 Å². The highest BCUT2D eigenvalue weighted by molar-refractivity contribution is 7.11. The molecule has 0 saturated carbocycles. The molecule has 6 heteroatoms. The number of carbonyl (C=O) groups excluding carboxylic acids is 1. The van der Waals surface area contributed by atoms with Gasteiger partial charge in [-0.05, 0) is 42.4 Å². The Morgan fingerprint density at radius 2 is 2.29 bits per heavy atom. The van der Waals surface area contributed by atoms with Crippen LogP contribution in [-0.2, 0) is 19.4 Å². The van der Waals surface area contributed by atoms with Crippen molar-refractivity contribution in [1.29, 1.82) is 0 Å². The van der Waals surface area contributed by atoms with Gasteiger partial charge in [-0.15, -0.1) is 11.3 Å². The number of benzene rings is 1. The zero-order valence-electron chi connectivity index (χ0n) is 13.9. The predicted octanol–water partition coefficient (Wildman–Crippen LogP) is 3.97. The highest BCUT2D eigenvalue weighted by atomic mass is 32.1. The van der Waals surface area contributed by atoms with E-state index in [1.807, 2.05) is 12.3 Å². The van der Waals surface area contributed by atoms with Crippen LogP contribution < -0.4 is 10.6 Å². The third-order valence-corrected chi connectivity index (χ3v) is 5.69. The second-order valence-corrected chi connectivity index (χ2v) is 7.40. The van der Waals surface area contributed by atoms with Crippen LogP contribution in [0.5, 0.6) is 0 Å². The Hall–Kier alpha value is -1.95. The maximum atomic E-state index is 14.0. The summed E-state index contributed by atoms with van der Waals surface area (Å²) in [5.74, 6) is 0.0955. The molecule has 0 radical (unpaired) electrons. The molecule has 1 aromatic heterocycles. The number of nitrogens with one attached hydrogen (secondary N) is 2. The van der Waals surface area contributed by atoms with Gasteiger partial charge in [0.05, 0.1) is 12.6 Å². The van der Waals surface area contributed by atoms with E-state index in [4.69, 9.17) is 0 Å². The molecule has 2 N–H and O–H groups in total. The number of thiazole rings is 1. The molecule has 2 aromatic rings. The predicted molar refractivity (Wildman–Crippen MR) is 93.5 cm³/mol. The molecule has 4 nitrogen and oxygen atoms in total. The highest BCUT2D eigenvalue weighted by Gasteiger charge is 2.29. The van der Waals surface area contributed by atoms with Crippen molar-refractivity contribution < 1.29 is 9.18 Å². The first kappa shape index (κ1) is 16.9. The average molecular weight is 347 g/mol. The van der Waals surface area contributed by atoms with Crippen molar-refractivity contribution in [3.05, 3.63) is 51.2 Å². The second-order valence-electron chi connectivity index (χ2n) is 6.20. The van der Waals surface area contributed by atoms with Gasteiger partial charge >= 0.3 is 6.03 Å². The van der Waals surface area contributed by atoms with Crippen molar-refractivity contribution in [2.45, 2.75) is 45.7 Å². The normalized spacial score (nSPS) is 19.6. The first-order valence-corrected chi connectivity index (χ1v) is 9.15. The molecule has 1 aromatic carbocycles. The van der Waals surface area contributed by atoms with Gasteiger partial charge in [0.1, 0.15) is 10.8 Å². The van der Waals surface area contributed by atoms with E-state index in [-0.39, 0.29) is 23.8 Å². The summed E-state index contributed by atoms with van der Waals surface area (Å²) >= 11 is 1.61. The van der Waals surface area contributed by atoms with Crippen molar-refractivity contribution in [3.8, 4) is 0 Å². The van der Waals surface area contributed by atoms with Crippen LogP contribution in [0.3, 0.4) is 0 Å². The lowest BCUT2D eigenvalue weighted by atomic mass is 9.80. The highest BCUT2D eigenvalue weighted by Crippen LogP contribution is 2.35. The molecule has 0 aliphatic heterocycles. The molecule has 1 heterocycles. The van der Waals surface area contributed by atoms with Gasteiger partial charge in [0.25, 0.3) is 0 Å². The van der Waals surface area contributed by atoms with Crippen LogP contribution in [0, 0.1) is 11.7 Å². The molecule has 0 spiro atoms. The van der Waals surface area contributed by atoms with Crippen molar-refractivity contribution in [3.63, 3.8) is 0 Å². The number of aryl methyl sites for hydroxylation is 1. The summed E-state index contributed by atoms with van der Waals surface area (Å²) in [6.45, 7) is 4.58. The molecule has 0 saturated heterocycles. The zero-order valence-corrected chi connectivity index (χ0v) is 14.8. The summed E-state index contributed by atoms with van der Waals surface area (Å²) in [6.07, 6.45) is 4.39. The summed E-state index contributed by atoms with van der Waals surface area (Å²) in [6, 6.07) is 4.71. The van der Waals surface area contributed by atoms with Crippen LogP contribution in [0.25, 0.3) is 0 Å². The molecular weight excluding hydrogens is 325 g/mol. The summed E-state index contributed by atoms with van der Waals surface area (Å²) in [5.41, 5.74) is 1.62. The van der Waals surface area contributed by atoms with Gasteiger partial charge in [0.15, 0.2) is 0 Å². The maximum absolute atomic E-state index is 14.0. The third-order valence-electron chi connectivity index (χ3n) is 4.55. The van der Waals surface area contributed by atoms with Crippen LogP contribution in [-0.4, -0.2) is 11.0 Å². The van der Waals surface area contributed by atoms with Gasteiger partial charge in [-0.2, -0.15) is 0 Å². The smallest absolute Gasteiger partial charge is 0.315 e. The lowest BCUT2D eigenvalue weighted by Gasteiger charge is -2.32. The largest absolute Gasteiger partial charge is 0.332 e. The first-order chi connectivity index (χ1) is 11.6. The number of hydrogen-bond acceptors (Lipinski definition) is 3. The average Bonchev–Trinajstić information content (AvgIpc) is 3.04. The van der Waals surface area contributed by atoms with E-state index in [0.29, 0.717) is 6.54 Å². The minimum absolute atomic E-state index is 0.160. The first-order valence-electron chi connectivity index (χ1n) is 8.33. The number of carbonyl (C=O) groups is 1. The number of halogens is 1. The quantitative estimate of drug-likeness (QED) is 0.879. The van der Waals surface area contributed by atoms with Crippen molar-refractivity contribution >= 4 is 17.4 Å². The van der Waals surface area contributed by atoms with Gasteiger partial charge in [-0.25, -0.2) is 14.2 Å². The molecule has 128 valence electrons. The number of fused-ring (bicyclic) bond motifs is 1.